The number of piperidine rings is 1. The van der Waals surface area contributed by atoms with E-state index in [-0.39, 0.29) is 10.8 Å². The monoisotopic (exact) mass is 438 g/mol. The van der Waals surface area contributed by atoms with E-state index >= 15 is 0 Å². The molecule has 2 aromatic carbocycles. The summed E-state index contributed by atoms with van der Waals surface area (Å²) in [4.78, 5) is 13.8. The van der Waals surface area contributed by atoms with Crippen LogP contribution in [0.25, 0.3) is 10.8 Å². The van der Waals surface area contributed by atoms with Crippen molar-refractivity contribution in [2.24, 2.45) is 0 Å². The fourth-order valence-electron chi connectivity index (χ4n) is 3.21. The van der Waals surface area contributed by atoms with Crippen molar-refractivity contribution in [3.05, 3.63) is 36.4 Å². The first-order chi connectivity index (χ1) is 12.4. The summed E-state index contributed by atoms with van der Waals surface area (Å²) in [5.74, 6) is 0. The molecule has 8 heteroatoms. The zero-order valence-electron chi connectivity index (χ0n) is 14.6. The molecule has 140 valence electrons. The van der Waals surface area contributed by atoms with Crippen molar-refractivity contribution in [2.45, 2.75) is 29.4 Å². The maximum atomic E-state index is 13.1. The van der Waals surface area contributed by atoms with Crippen LogP contribution < -0.4 is 5.73 Å². The topological polar surface area (TPSA) is 89.7 Å². The van der Waals surface area contributed by atoms with Crippen molar-refractivity contribution in [3.63, 3.8) is 0 Å². The predicted octanol–water partition coefficient (Wildman–Crippen LogP) is 2.59. The molecule has 2 aromatic rings. The zero-order valence-corrected chi connectivity index (χ0v) is 17.6. The summed E-state index contributed by atoms with van der Waals surface area (Å²) in [6.45, 7) is 3.25. The van der Waals surface area contributed by atoms with Gasteiger partial charge in [-0.05, 0) is 0 Å². The van der Waals surface area contributed by atoms with Crippen molar-refractivity contribution in [1.29, 1.82) is 0 Å². The van der Waals surface area contributed by atoms with Gasteiger partial charge in [-0.15, -0.1) is 0 Å². The standard InChI is InChI=1S/C18H23AsN2O4S/c1-2-25-18(22)21-11-9-13(10-12-21)19-26(23,24)17-8-7-16(20)14-5-3-4-6-15(14)17/h3-8,13,19H,2,9-12,20H2,1H3. The molecule has 1 amide bonds. The minimum absolute atomic E-state index is 0.155. The van der Waals surface area contributed by atoms with Crippen molar-refractivity contribution >= 4 is 45.2 Å². The van der Waals surface area contributed by atoms with Crippen LogP contribution in [0, 0.1) is 0 Å². The Labute approximate surface area is 159 Å². The van der Waals surface area contributed by atoms with Crippen molar-refractivity contribution < 1.29 is 17.9 Å². The first-order valence-corrected chi connectivity index (χ1v) is 13.9. The van der Waals surface area contributed by atoms with Crippen LogP contribution in [0.15, 0.2) is 41.3 Å². The van der Waals surface area contributed by atoms with E-state index in [0.717, 1.165) is 5.39 Å². The summed E-state index contributed by atoms with van der Waals surface area (Å²) in [5.41, 5.74) is 6.57. The Morgan fingerprint density at radius 2 is 1.85 bits per heavy atom. The summed E-state index contributed by atoms with van der Waals surface area (Å²) < 4.78 is 31.3. The van der Waals surface area contributed by atoms with Gasteiger partial charge in [0.1, 0.15) is 0 Å². The van der Waals surface area contributed by atoms with Gasteiger partial charge in [-0.25, -0.2) is 0 Å². The Balaban J connectivity index is 1.75. The molecule has 1 atom stereocenters. The number of carbonyl (C=O) groups is 1. The molecule has 0 saturated carbocycles. The number of ether oxygens (including phenoxy) is 1. The first-order valence-electron chi connectivity index (χ1n) is 8.63. The first kappa shape index (κ1) is 19.1. The summed E-state index contributed by atoms with van der Waals surface area (Å²) in [5, 5.41) is 1.47. The van der Waals surface area contributed by atoms with E-state index < -0.39 is 22.7 Å². The summed E-state index contributed by atoms with van der Waals surface area (Å²) >= 11 is -1.26. The normalized spacial score (nSPS) is 16.4. The number of nitrogen functional groups attached to an aromatic ring is 1. The molecule has 1 fully saturated rings. The van der Waals surface area contributed by atoms with Gasteiger partial charge >= 0.3 is 159 Å². The molecule has 6 nitrogen and oxygen atoms in total. The number of fused-ring (bicyclic) bond motifs is 1. The number of hydrogen-bond donors (Lipinski definition) is 1. The average molecular weight is 438 g/mol. The molecule has 0 spiro atoms. The third-order valence-corrected chi connectivity index (χ3v) is 12.8. The van der Waals surface area contributed by atoms with Crippen LogP contribution >= 0.6 is 0 Å². The number of anilines is 1. The van der Waals surface area contributed by atoms with E-state index in [2.05, 4.69) is 0 Å². The zero-order chi connectivity index (χ0) is 18.7. The third-order valence-electron chi connectivity index (χ3n) is 4.55. The Hall–Kier alpha value is -1.72. The quantitative estimate of drug-likeness (QED) is 0.586. The molecule has 0 aromatic heterocycles. The number of rotatable bonds is 4. The SMILES string of the molecule is CCOC(=O)N1CCC([AsH]S(=O)(=O)c2ccc(N)c3ccccc23)CC1. The van der Waals surface area contributed by atoms with E-state index in [1.807, 2.05) is 24.3 Å². The molecule has 2 N–H and O–H groups in total. The molecule has 1 heterocycles. The van der Waals surface area contributed by atoms with Gasteiger partial charge in [0, 0.05) is 0 Å². The Morgan fingerprint density at radius 1 is 1.19 bits per heavy atom. The number of likely N-dealkylation sites (tertiary alicyclic amines) is 1. The Kier molecular flexibility index (Phi) is 5.78. The Morgan fingerprint density at radius 3 is 2.50 bits per heavy atom. The number of carbonyl (C=O) groups excluding carboxylic acids is 1. The number of hydrogen-bond acceptors (Lipinski definition) is 5. The summed E-state index contributed by atoms with van der Waals surface area (Å²) in [7, 11) is -3.32. The van der Waals surface area contributed by atoms with Crippen LogP contribution in [0.1, 0.15) is 19.8 Å². The van der Waals surface area contributed by atoms with Crippen molar-refractivity contribution in [1.82, 2.24) is 4.90 Å². The minimum atomic E-state index is -3.32. The number of amides is 1. The molecule has 1 saturated heterocycles. The van der Waals surface area contributed by atoms with Gasteiger partial charge in [-0.1, -0.05) is 0 Å². The van der Waals surface area contributed by atoms with Gasteiger partial charge in [0.2, 0.25) is 0 Å². The van der Waals surface area contributed by atoms with E-state index in [0.29, 0.717) is 48.5 Å². The molecule has 1 aliphatic rings. The number of benzene rings is 2. The fraction of sp³-hybridized carbons (Fsp3) is 0.389. The molecular formula is C18H23AsN2O4S. The van der Waals surface area contributed by atoms with Crippen LogP contribution in [-0.4, -0.2) is 53.7 Å². The predicted molar refractivity (Wildman–Crippen MR) is 104 cm³/mol. The van der Waals surface area contributed by atoms with Gasteiger partial charge in [-0.3, -0.25) is 0 Å². The van der Waals surface area contributed by atoms with Gasteiger partial charge in [0.05, 0.1) is 0 Å². The van der Waals surface area contributed by atoms with Crippen LogP contribution in [0.2, 0.25) is 4.71 Å². The van der Waals surface area contributed by atoms with E-state index in [1.54, 1.807) is 24.0 Å². The van der Waals surface area contributed by atoms with Crippen molar-refractivity contribution in [3.8, 4) is 0 Å². The second kappa shape index (κ2) is 7.89. The van der Waals surface area contributed by atoms with Crippen LogP contribution in [0.4, 0.5) is 10.5 Å². The van der Waals surface area contributed by atoms with Crippen molar-refractivity contribution in [2.75, 3.05) is 25.4 Å². The molecule has 1 unspecified atom stereocenters. The van der Waals surface area contributed by atoms with E-state index in [1.165, 1.54) is 0 Å². The van der Waals surface area contributed by atoms with Crippen LogP contribution in [-0.2, 0) is 12.8 Å². The summed E-state index contributed by atoms with van der Waals surface area (Å²) in [6.07, 6.45) is 1.12. The molecule has 3 rings (SSSR count). The Bertz CT molecular complexity index is 909. The number of nitrogens with zero attached hydrogens (tertiary/aromatic N) is 1. The number of nitrogens with two attached hydrogens (primary N) is 1. The summed E-state index contributed by atoms with van der Waals surface area (Å²) in [6, 6.07) is 10.7. The molecule has 1 aliphatic heterocycles. The maximum absolute atomic E-state index is 13.1. The van der Waals surface area contributed by atoms with Gasteiger partial charge in [0.25, 0.3) is 0 Å². The fourth-order valence-corrected chi connectivity index (χ4v) is 11.4. The second-order valence-electron chi connectivity index (χ2n) is 6.28. The average Bonchev–Trinajstić information content (AvgIpc) is 2.62. The third kappa shape index (κ3) is 3.99. The van der Waals surface area contributed by atoms with Crippen LogP contribution in [0.5, 0.6) is 0 Å². The molecule has 0 radical (unpaired) electrons. The molecule has 0 aliphatic carbocycles. The van der Waals surface area contributed by atoms with Crippen LogP contribution in [0.3, 0.4) is 0 Å². The van der Waals surface area contributed by atoms with E-state index in [4.69, 9.17) is 10.5 Å². The van der Waals surface area contributed by atoms with E-state index in [9.17, 15) is 13.2 Å². The van der Waals surface area contributed by atoms with Gasteiger partial charge < -0.3 is 0 Å². The molecular weight excluding hydrogens is 415 g/mol. The van der Waals surface area contributed by atoms with Gasteiger partial charge in [-0.2, -0.15) is 0 Å². The molecule has 0 bridgehead atoms. The molecule has 26 heavy (non-hydrogen) atoms. The second-order valence-corrected chi connectivity index (χ2v) is 14.5. The van der Waals surface area contributed by atoms with Gasteiger partial charge in [0.15, 0.2) is 0 Å².